The summed E-state index contributed by atoms with van der Waals surface area (Å²) in [6.07, 6.45) is 2.68. The second kappa shape index (κ2) is 8.06. The highest BCUT2D eigenvalue weighted by atomic mass is 15.3. The Morgan fingerprint density at radius 3 is 1.82 bits per heavy atom. The first kappa shape index (κ1) is 14.9. The standard InChI is InChI=1S/C14H31N3/c1-4-5-13(2)11-16-6-8-17(9-7-16)12-14(3)10-15/h13-14H,4-12,15H2,1-3H3. The largest absolute Gasteiger partial charge is 0.330 e. The van der Waals surface area contributed by atoms with Gasteiger partial charge in [-0.2, -0.15) is 0 Å². The Morgan fingerprint density at radius 1 is 0.941 bits per heavy atom. The quantitative estimate of drug-likeness (QED) is 0.735. The number of piperazine rings is 1. The minimum absolute atomic E-state index is 0.639. The molecule has 2 N–H and O–H groups in total. The SMILES string of the molecule is CCCC(C)CN1CCN(CC(C)CN)CC1. The maximum Gasteiger partial charge on any atom is 0.0110 e. The van der Waals surface area contributed by atoms with Gasteiger partial charge in [0, 0.05) is 39.3 Å². The lowest BCUT2D eigenvalue weighted by Crippen LogP contribution is -2.49. The fourth-order valence-electron chi connectivity index (χ4n) is 2.69. The predicted molar refractivity (Wildman–Crippen MR) is 75.2 cm³/mol. The molecular weight excluding hydrogens is 210 g/mol. The normalized spacial score (nSPS) is 22.6. The van der Waals surface area contributed by atoms with Gasteiger partial charge >= 0.3 is 0 Å². The summed E-state index contributed by atoms with van der Waals surface area (Å²) in [5.41, 5.74) is 5.68. The van der Waals surface area contributed by atoms with Gasteiger partial charge in [0.15, 0.2) is 0 Å². The molecule has 0 spiro atoms. The van der Waals surface area contributed by atoms with Gasteiger partial charge in [-0.15, -0.1) is 0 Å². The van der Waals surface area contributed by atoms with Crippen molar-refractivity contribution < 1.29 is 0 Å². The summed E-state index contributed by atoms with van der Waals surface area (Å²) in [6, 6.07) is 0. The molecule has 102 valence electrons. The van der Waals surface area contributed by atoms with Gasteiger partial charge in [0.2, 0.25) is 0 Å². The molecule has 3 heteroatoms. The van der Waals surface area contributed by atoms with Gasteiger partial charge in [-0.05, 0) is 24.8 Å². The fourth-order valence-corrected chi connectivity index (χ4v) is 2.69. The Morgan fingerprint density at radius 2 is 1.41 bits per heavy atom. The van der Waals surface area contributed by atoms with Crippen LogP contribution >= 0.6 is 0 Å². The second-order valence-corrected chi connectivity index (χ2v) is 5.84. The molecule has 2 unspecified atom stereocenters. The summed E-state index contributed by atoms with van der Waals surface area (Å²) >= 11 is 0. The predicted octanol–water partition coefficient (Wildman–Crippen LogP) is 1.64. The molecule has 0 aromatic heterocycles. The van der Waals surface area contributed by atoms with Crippen molar-refractivity contribution in [3.05, 3.63) is 0 Å². The molecule has 0 aromatic carbocycles. The average molecular weight is 241 g/mol. The molecule has 17 heavy (non-hydrogen) atoms. The molecule has 1 aliphatic rings. The lowest BCUT2D eigenvalue weighted by atomic mass is 10.1. The van der Waals surface area contributed by atoms with E-state index in [1.54, 1.807) is 0 Å². The van der Waals surface area contributed by atoms with Gasteiger partial charge in [0.05, 0.1) is 0 Å². The van der Waals surface area contributed by atoms with Crippen LogP contribution in [-0.2, 0) is 0 Å². The second-order valence-electron chi connectivity index (χ2n) is 5.84. The van der Waals surface area contributed by atoms with Crippen molar-refractivity contribution in [3.8, 4) is 0 Å². The van der Waals surface area contributed by atoms with E-state index in [4.69, 9.17) is 5.73 Å². The first-order chi connectivity index (χ1) is 8.15. The van der Waals surface area contributed by atoms with Gasteiger partial charge in [-0.3, -0.25) is 0 Å². The van der Waals surface area contributed by atoms with Crippen LogP contribution in [0.1, 0.15) is 33.6 Å². The van der Waals surface area contributed by atoms with Crippen LogP contribution in [0.2, 0.25) is 0 Å². The summed E-state index contributed by atoms with van der Waals surface area (Å²) in [4.78, 5) is 5.20. The minimum atomic E-state index is 0.639. The Balaban J connectivity index is 2.17. The van der Waals surface area contributed by atoms with Crippen molar-refractivity contribution >= 4 is 0 Å². The maximum absolute atomic E-state index is 5.68. The van der Waals surface area contributed by atoms with Crippen LogP contribution in [0.25, 0.3) is 0 Å². The van der Waals surface area contributed by atoms with Crippen molar-refractivity contribution in [2.45, 2.75) is 33.6 Å². The summed E-state index contributed by atoms with van der Waals surface area (Å²) < 4.78 is 0. The van der Waals surface area contributed by atoms with Gasteiger partial charge in [0.1, 0.15) is 0 Å². The van der Waals surface area contributed by atoms with Crippen LogP contribution in [0.5, 0.6) is 0 Å². The lowest BCUT2D eigenvalue weighted by Gasteiger charge is -2.36. The molecule has 0 aromatic rings. The van der Waals surface area contributed by atoms with Gasteiger partial charge in [-0.25, -0.2) is 0 Å². The highest BCUT2D eigenvalue weighted by molar-refractivity contribution is 4.74. The monoisotopic (exact) mass is 241 g/mol. The van der Waals surface area contributed by atoms with E-state index in [2.05, 4.69) is 30.6 Å². The van der Waals surface area contributed by atoms with E-state index >= 15 is 0 Å². The molecule has 0 bridgehead atoms. The molecule has 0 aliphatic carbocycles. The average Bonchev–Trinajstić information content (AvgIpc) is 2.32. The highest BCUT2D eigenvalue weighted by Gasteiger charge is 2.19. The first-order valence-electron chi connectivity index (χ1n) is 7.30. The van der Waals surface area contributed by atoms with E-state index in [0.29, 0.717) is 5.92 Å². The van der Waals surface area contributed by atoms with Gasteiger partial charge in [-0.1, -0.05) is 27.2 Å². The zero-order valence-corrected chi connectivity index (χ0v) is 12.0. The molecule has 1 aliphatic heterocycles. The maximum atomic E-state index is 5.68. The van der Waals surface area contributed by atoms with Crippen LogP contribution in [0.3, 0.4) is 0 Å². The number of hydrogen-bond acceptors (Lipinski definition) is 3. The van der Waals surface area contributed by atoms with Gasteiger partial charge < -0.3 is 15.5 Å². The smallest absolute Gasteiger partial charge is 0.0110 e. The van der Waals surface area contributed by atoms with Crippen molar-refractivity contribution in [1.82, 2.24) is 9.80 Å². The molecule has 0 saturated carbocycles. The summed E-state index contributed by atoms with van der Waals surface area (Å²) in [7, 11) is 0. The topological polar surface area (TPSA) is 32.5 Å². The van der Waals surface area contributed by atoms with Crippen LogP contribution < -0.4 is 5.73 Å². The molecular formula is C14H31N3. The number of rotatable bonds is 7. The zero-order valence-electron chi connectivity index (χ0n) is 12.0. The molecule has 1 fully saturated rings. The molecule has 1 saturated heterocycles. The van der Waals surface area contributed by atoms with E-state index in [0.717, 1.165) is 12.5 Å². The highest BCUT2D eigenvalue weighted by Crippen LogP contribution is 2.11. The zero-order chi connectivity index (χ0) is 12.7. The molecule has 2 atom stereocenters. The lowest BCUT2D eigenvalue weighted by molar-refractivity contribution is 0.109. The van der Waals surface area contributed by atoms with Crippen molar-refractivity contribution in [2.24, 2.45) is 17.6 Å². The number of hydrogen-bond donors (Lipinski definition) is 1. The summed E-state index contributed by atoms with van der Waals surface area (Å²) in [6.45, 7) is 15.1. The van der Waals surface area contributed by atoms with Crippen molar-refractivity contribution in [1.29, 1.82) is 0 Å². The molecule has 1 heterocycles. The fraction of sp³-hybridized carbons (Fsp3) is 1.00. The van der Waals surface area contributed by atoms with E-state index in [1.165, 1.54) is 52.1 Å². The Labute approximate surface area is 107 Å². The molecule has 3 nitrogen and oxygen atoms in total. The number of nitrogens with two attached hydrogens (primary N) is 1. The van der Waals surface area contributed by atoms with E-state index in [-0.39, 0.29) is 0 Å². The first-order valence-corrected chi connectivity index (χ1v) is 7.30. The van der Waals surface area contributed by atoms with Crippen LogP contribution in [-0.4, -0.2) is 55.6 Å². The van der Waals surface area contributed by atoms with E-state index in [9.17, 15) is 0 Å². The molecule has 0 amide bonds. The molecule has 0 radical (unpaired) electrons. The van der Waals surface area contributed by atoms with Crippen molar-refractivity contribution in [2.75, 3.05) is 45.8 Å². The third-order valence-corrected chi connectivity index (χ3v) is 3.79. The third kappa shape index (κ3) is 5.84. The van der Waals surface area contributed by atoms with Crippen LogP contribution in [0.15, 0.2) is 0 Å². The van der Waals surface area contributed by atoms with Crippen LogP contribution in [0, 0.1) is 11.8 Å². The van der Waals surface area contributed by atoms with E-state index in [1.807, 2.05) is 0 Å². The van der Waals surface area contributed by atoms with Crippen LogP contribution in [0.4, 0.5) is 0 Å². The third-order valence-electron chi connectivity index (χ3n) is 3.79. The minimum Gasteiger partial charge on any atom is -0.330 e. The Bertz CT molecular complexity index is 188. The molecule has 1 rings (SSSR count). The Kier molecular flexibility index (Phi) is 7.09. The van der Waals surface area contributed by atoms with Crippen molar-refractivity contribution in [3.63, 3.8) is 0 Å². The Hall–Kier alpha value is -0.120. The summed E-state index contributed by atoms with van der Waals surface area (Å²) in [5.74, 6) is 1.50. The van der Waals surface area contributed by atoms with E-state index < -0.39 is 0 Å². The summed E-state index contributed by atoms with van der Waals surface area (Å²) in [5, 5.41) is 0. The number of nitrogens with zero attached hydrogens (tertiary/aromatic N) is 2. The van der Waals surface area contributed by atoms with Gasteiger partial charge in [0.25, 0.3) is 0 Å².